The number of carbonyl (C=O) groups excluding carboxylic acids is 1. The van der Waals surface area contributed by atoms with Crippen LogP contribution in [0.3, 0.4) is 0 Å². The fraction of sp³-hybridized carbons (Fsp3) is 0.667. The Labute approximate surface area is 47.0 Å². The van der Waals surface area contributed by atoms with E-state index in [1.807, 2.05) is 0 Å². The molecular formula is C3H3NO2Se. The van der Waals surface area contributed by atoms with Gasteiger partial charge in [0.25, 0.3) is 0 Å². The molecule has 0 aromatic rings. The Morgan fingerprint density at radius 3 is 3.00 bits per heavy atom. The fourth-order valence-electron chi connectivity index (χ4n) is 0.569. The maximum atomic E-state index is 10.3. The van der Waals surface area contributed by atoms with E-state index in [1.165, 1.54) is 0 Å². The van der Waals surface area contributed by atoms with Crippen molar-refractivity contribution in [2.45, 2.75) is 4.94 Å². The zero-order chi connectivity index (χ0) is 4.85. The Kier molecular flexibility index (Phi) is 0.512. The van der Waals surface area contributed by atoms with Crippen molar-refractivity contribution in [1.29, 1.82) is 0 Å². The number of nitrogens with zero attached hydrogens (tertiary/aromatic N) is 1. The van der Waals surface area contributed by atoms with Crippen LogP contribution in [0.25, 0.3) is 0 Å². The van der Waals surface area contributed by atoms with E-state index in [0.717, 1.165) is 0 Å². The number of rotatable bonds is 0. The van der Waals surface area contributed by atoms with Crippen molar-refractivity contribution < 1.29 is 9.53 Å². The van der Waals surface area contributed by atoms with Crippen LogP contribution in [-0.2, 0) is 4.74 Å². The van der Waals surface area contributed by atoms with Gasteiger partial charge in [0.15, 0.2) is 0 Å². The Balaban J connectivity index is 2.21. The molecule has 0 aromatic heterocycles. The first-order chi connectivity index (χ1) is 3.38. The molecule has 1 unspecified atom stereocenters. The van der Waals surface area contributed by atoms with Gasteiger partial charge in [-0.2, -0.15) is 0 Å². The van der Waals surface area contributed by atoms with E-state index >= 15 is 0 Å². The molecule has 0 bridgehead atoms. The molecule has 0 radical (unpaired) electrons. The van der Waals surface area contributed by atoms with Crippen LogP contribution in [-0.4, -0.2) is 36.7 Å². The predicted octanol–water partition coefficient (Wildman–Crippen LogP) is -0.603. The summed E-state index contributed by atoms with van der Waals surface area (Å²) in [6.45, 7) is 0.652. The molecule has 2 aliphatic heterocycles. The van der Waals surface area contributed by atoms with Crippen LogP contribution in [0.1, 0.15) is 0 Å². The first-order valence-corrected chi connectivity index (χ1v) is 3.76. The number of cyclic esters (lactones) is 1. The van der Waals surface area contributed by atoms with Gasteiger partial charge >= 0.3 is 46.3 Å². The Bertz CT molecular complexity index is 126. The molecule has 0 N–H and O–H groups in total. The SMILES string of the molecule is O=C1OCC2[Se]N12. The van der Waals surface area contributed by atoms with Crippen molar-refractivity contribution >= 4 is 21.3 Å². The molecule has 0 saturated carbocycles. The third-order valence-electron chi connectivity index (χ3n) is 0.981. The van der Waals surface area contributed by atoms with E-state index in [-0.39, 0.29) is 6.09 Å². The van der Waals surface area contributed by atoms with E-state index in [9.17, 15) is 4.79 Å². The van der Waals surface area contributed by atoms with Crippen molar-refractivity contribution in [2.75, 3.05) is 6.61 Å². The molecule has 4 heteroatoms. The normalized spacial score (nSPS) is 35.1. The summed E-state index contributed by atoms with van der Waals surface area (Å²) in [5.74, 6) is 0. The third kappa shape index (κ3) is 0.380. The molecule has 38 valence electrons. The van der Waals surface area contributed by atoms with E-state index in [2.05, 4.69) is 4.74 Å². The van der Waals surface area contributed by atoms with E-state index < -0.39 is 0 Å². The minimum absolute atomic E-state index is 0.106. The monoisotopic (exact) mass is 165 g/mol. The summed E-state index contributed by atoms with van der Waals surface area (Å²) in [6.07, 6.45) is -0.106. The number of amides is 1. The molecule has 2 fully saturated rings. The number of hydrogen-bond donors (Lipinski definition) is 0. The van der Waals surface area contributed by atoms with Crippen LogP contribution >= 0.6 is 0 Å². The summed E-state index contributed by atoms with van der Waals surface area (Å²) in [5, 5.41) is 0. The van der Waals surface area contributed by atoms with Crippen LogP contribution < -0.4 is 0 Å². The average Bonchev–Trinajstić information content (AvgIpc) is 2.33. The maximum absolute atomic E-state index is 10.3. The molecule has 2 aliphatic rings. The molecule has 0 spiro atoms. The minimum atomic E-state index is -0.106. The molecule has 3 nitrogen and oxygen atoms in total. The van der Waals surface area contributed by atoms with Gasteiger partial charge < -0.3 is 0 Å². The Morgan fingerprint density at radius 1 is 2.00 bits per heavy atom. The average molecular weight is 164 g/mol. The molecule has 2 heterocycles. The Hall–Kier alpha value is -0.211. The van der Waals surface area contributed by atoms with Gasteiger partial charge in [-0.1, -0.05) is 0 Å². The number of ether oxygens (including phenoxy) is 1. The fourth-order valence-corrected chi connectivity index (χ4v) is 1.87. The Morgan fingerprint density at radius 2 is 2.86 bits per heavy atom. The van der Waals surface area contributed by atoms with Gasteiger partial charge in [-0.15, -0.1) is 0 Å². The van der Waals surface area contributed by atoms with Crippen LogP contribution in [0, 0.1) is 0 Å². The molecule has 7 heavy (non-hydrogen) atoms. The molecule has 1 atom stereocenters. The van der Waals surface area contributed by atoms with Gasteiger partial charge in [0.05, 0.1) is 0 Å². The molecule has 2 rings (SSSR count). The topological polar surface area (TPSA) is 29.3 Å². The number of carbonyl (C=O) groups is 1. The van der Waals surface area contributed by atoms with Crippen LogP contribution in [0.2, 0.25) is 0 Å². The van der Waals surface area contributed by atoms with Gasteiger partial charge in [0.2, 0.25) is 0 Å². The van der Waals surface area contributed by atoms with Gasteiger partial charge in [-0.3, -0.25) is 0 Å². The van der Waals surface area contributed by atoms with Gasteiger partial charge in [0, 0.05) is 0 Å². The molecule has 0 aliphatic carbocycles. The zero-order valence-corrected chi connectivity index (χ0v) is 5.17. The van der Waals surface area contributed by atoms with Crippen molar-refractivity contribution in [2.24, 2.45) is 0 Å². The predicted molar refractivity (Wildman–Crippen MR) is 22.7 cm³/mol. The van der Waals surface area contributed by atoms with Crippen molar-refractivity contribution in [3.05, 3.63) is 0 Å². The summed E-state index contributed by atoms with van der Waals surface area (Å²) in [6, 6.07) is 0. The first kappa shape index (κ1) is 3.75. The number of fused-ring (bicyclic) bond motifs is 1. The standard InChI is InChI=1S/C3H3NO2Se/c5-3-4-2(7-4)1-6-3/h2H,1H2. The van der Waals surface area contributed by atoms with Crippen LogP contribution in [0.5, 0.6) is 0 Å². The van der Waals surface area contributed by atoms with Crippen molar-refractivity contribution in [3.8, 4) is 0 Å². The van der Waals surface area contributed by atoms with Crippen LogP contribution in [0.15, 0.2) is 0 Å². The zero-order valence-electron chi connectivity index (χ0n) is 3.46. The second kappa shape index (κ2) is 0.955. The van der Waals surface area contributed by atoms with Gasteiger partial charge in [0.1, 0.15) is 0 Å². The second-order valence-corrected chi connectivity index (χ2v) is 3.87. The summed E-state index contributed by atoms with van der Waals surface area (Å²) in [4.78, 5) is 10.8. The molecule has 0 aromatic carbocycles. The third-order valence-corrected chi connectivity index (χ3v) is 3.09. The van der Waals surface area contributed by atoms with Crippen LogP contribution in [0.4, 0.5) is 4.79 Å². The number of hydrogen-bond acceptors (Lipinski definition) is 2. The molecule has 1 amide bonds. The van der Waals surface area contributed by atoms with E-state index in [1.54, 1.807) is 3.92 Å². The van der Waals surface area contributed by atoms with E-state index in [0.29, 0.717) is 26.7 Å². The summed E-state index contributed by atoms with van der Waals surface area (Å²) < 4.78 is 6.39. The summed E-state index contributed by atoms with van der Waals surface area (Å²) >= 11 is 0.468. The van der Waals surface area contributed by atoms with Crippen molar-refractivity contribution in [3.63, 3.8) is 0 Å². The summed E-state index contributed by atoms with van der Waals surface area (Å²) in [7, 11) is 0. The van der Waals surface area contributed by atoms with Crippen molar-refractivity contribution in [1.82, 2.24) is 3.92 Å². The van der Waals surface area contributed by atoms with E-state index in [4.69, 9.17) is 0 Å². The molecule has 2 saturated heterocycles. The summed E-state index contributed by atoms with van der Waals surface area (Å²) in [5.41, 5.74) is 0. The molecular weight excluding hydrogens is 161 g/mol. The quantitative estimate of drug-likeness (QED) is 0.353. The van der Waals surface area contributed by atoms with Gasteiger partial charge in [-0.05, 0) is 0 Å². The first-order valence-electron chi connectivity index (χ1n) is 2.01. The second-order valence-electron chi connectivity index (χ2n) is 1.46. The van der Waals surface area contributed by atoms with Gasteiger partial charge in [-0.25, -0.2) is 0 Å².